The number of carbonyl (C=O) groups is 2. The fraction of sp³-hybridized carbons (Fsp3) is 0.455. The van der Waals surface area contributed by atoms with Gasteiger partial charge in [0.2, 0.25) is 0 Å². The molecule has 1 N–H and O–H groups in total. The van der Waals surface area contributed by atoms with E-state index in [2.05, 4.69) is 16.6 Å². The summed E-state index contributed by atoms with van der Waals surface area (Å²) < 4.78 is 9.29. The van der Waals surface area contributed by atoms with Crippen LogP contribution in [0.1, 0.15) is 6.42 Å². The number of carbonyl (C=O) groups excluding carboxylic acids is 2. The van der Waals surface area contributed by atoms with Gasteiger partial charge in [0.1, 0.15) is 0 Å². The van der Waals surface area contributed by atoms with E-state index in [0.29, 0.717) is 6.61 Å². The Balaban J connectivity index is 2.22. The number of rotatable bonds is 4. The Labute approximate surface area is 94.1 Å². The minimum Gasteiger partial charge on any atom is -0.466 e. The number of esters is 2. The molecule has 0 saturated carbocycles. The summed E-state index contributed by atoms with van der Waals surface area (Å²) in [5.74, 6) is -0.848. The Morgan fingerprint density at radius 3 is 2.75 bits per heavy atom. The van der Waals surface area contributed by atoms with E-state index in [-0.39, 0.29) is 5.92 Å². The maximum Gasteiger partial charge on any atom is 0.331 e. The van der Waals surface area contributed by atoms with Crippen LogP contribution in [0.25, 0.3) is 0 Å². The van der Waals surface area contributed by atoms with Crippen molar-refractivity contribution in [2.45, 2.75) is 6.42 Å². The molecule has 0 aromatic heterocycles. The molecule has 1 atom stereocenters. The van der Waals surface area contributed by atoms with Gasteiger partial charge < -0.3 is 14.8 Å². The fourth-order valence-electron chi connectivity index (χ4n) is 1.35. The van der Waals surface area contributed by atoms with Crippen LogP contribution in [0.5, 0.6) is 0 Å². The molecule has 1 heterocycles. The fourth-order valence-corrected chi connectivity index (χ4v) is 1.35. The first-order chi connectivity index (χ1) is 7.61. The van der Waals surface area contributed by atoms with Gasteiger partial charge in [-0.1, -0.05) is 6.58 Å². The molecule has 88 valence electrons. The lowest BCUT2D eigenvalue weighted by atomic mass is 10.1. The van der Waals surface area contributed by atoms with E-state index in [1.54, 1.807) is 0 Å². The maximum absolute atomic E-state index is 11.1. The summed E-state index contributed by atoms with van der Waals surface area (Å²) in [4.78, 5) is 21.8. The first-order valence-electron chi connectivity index (χ1n) is 4.96. The Hall–Kier alpha value is -1.78. The Morgan fingerprint density at radius 2 is 2.19 bits per heavy atom. The van der Waals surface area contributed by atoms with Crippen molar-refractivity contribution in [3.63, 3.8) is 0 Å². The molecule has 1 rings (SSSR count). The standard InChI is InChI=1S/C11H15NO4/c1-8-5-9(6-12-8)7-16-11(14)4-3-10(13)15-2/h3-4,9,12H,1,5-7H2,2H3/b4-3+/t9-/m0/s1. The van der Waals surface area contributed by atoms with Gasteiger partial charge in [0, 0.05) is 30.3 Å². The summed E-state index contributed by atoms with van der Waals surface area (Å²) in [5.41, 5.74) is 0.964. The van der Waals surface area contributed by atoms with E-state index < -0.39 is 11.9 Å². The number of hydrogen-bond donors (Lipinski definition) is 1. The summed E-state index contributed by atoms with van der Waals surface area (Å²) in [6, 6.07) is 0. The van der Waals surface area contributed by atoms with E-state index in [0.717, 1.165) is 30.8 Å². The van der Waals surface area contributed by atoms with Crippen LogP contribution >= 0.6 is 0 Å². The molecule has 1 aliphatic heterocycles. The van der Waals surface area contributed by atoms with Crippen molar-refractivity contribution in [1.82, 2.24) is 5.32 Å². The monoisotopic (exact) mass is 225 g/mol. The molecule has 1 fully saturated rings. The minimum atomic E-state index is -0.576. The van der Waals surface area contributed by atoms with Crippen LogP contribution in [0.3, 0.4) is 0 Å². The van der Waals surface area contributed by atoms with Crippen molar-refractivity contribution < 1.29 is 19.1 Å². The van der Waals surface area contributed by atoms with Gasteiger partial charge in [-0.15, -0.1) is 0 Å². The van der Waals surface area contributed by atoms with Gasteiger partial charge in [-0.25, -0.2) is 9.59 Å². The molecular weight excluding hydrogens is 210 g/mol. The molecular formula is C11H15NO4. The number of methoxy groups -OCH3 is 1. The van der Waals surface area contributed by atoms with Gasteiger partial charge in [0.15, 0.2) is 0 Å². The molecule has 0 aromatic carbocycles. The van der Waals surface area contributed by atoms with Gasteiger partial charge in [-0.05, 0) is 6.42 Å². The van der Waals surface area contributed by atoms with Gasteiger partial charge >= 0.3 is 11.9 Å². The highest BCUT2D eigenvalue weighted by molar-refractivity contribution is 5.91. The third-order valence-electron chi connectivity index (χ3n) is 2.19. The first-order valence-corrected chi connectivity index (χ1v) is 4.96. The van der Waals surface area contributed by atoms with Gasteiger partial charge in [0.05, 0.1) is 13.7 Å². The van der Waals surface area contributed by atoms with Crippen LogP contribution in [0.2, 0.25) is 0 Å². The molecule has 5 heteroatoms. The second kappa shape index (κ2) is 5.95. The summed E-state index contributed by atoms with van der Waals surface area (Å²) in [5, 5.41) is 3.07. The molecule has 16 heavy (non-hydrogen) atoms. The van der Waals surface area contributed by atoms with Crippen LogP contribution in [0.4, 0.5) is 0 Å². The third kappa shape index (κ3) is 4.16. The van der Waals surface area contributed by atoms with E-state index in [1.165, 1.54) is 7.11 Å². The molecule has 0 unspecified atom stereocenters. The number of nitrogens with one attached hydrogen (secondary N) is 1. The third-order valence-corrected chi connectivity index (χ3v) is 2.19. The summed E-state index contributed by atoms with van der Waals surface area (Å²) in [6.45, 7) is 4.88. The molecule has 0 bridgehead atoms. The summed E-state index contributed by atoms with van der Waals surface area (Å²) in [6.07, 6.45) is 2.91. The molecule has 1 aliphatic rings. The molecule has 0 aliphatic carbocycles. The lowest BCUT2D eigenvalue weighted by molar-refractivity contribution is -0.140. The van der Waals surface area contributed by atoms with Crippen LogP contribution in [-0.4, -0.2) is 32.2 Å². The predicted molar refractivity (Wildman–Crippen MR) is 57.4 cm³/mol. The van der Waals surface area contributed by atoms with Crippen LogP contribution in [0, 0.1) is 5.92 Å². The zero-order valence-corrected chi connectivity index (χ0v) is 9.19. The van der Waals surface area contributed by atoms with Crippen LogP contribution in [-0.2, 0) is 19.1 Å². The van der Waals surface area contributed by atoms with E-state index >= 15 is 0 Å². The van der Waals surface area contributed by atoms with Crippen molar-refractivity contribution in [2.75, 3.05) is 20.3 Å². The molecule has 5 nitrogen and oxygen atoms in total. The van der Waals surface area contributed by atoms with Crippen LogP contribution in [0.15, 0.2) is 24.4 Å². The van der Waals surface area contributed by atoms with Crippen molar-refractivity contribution in [1.29, 1.82) is 0 Å². The summed E-state index contributed by atoms with van der Waals surface area (Å²) in [7, 11) is 1.24. The molecule has 0 amide bonds. The van der Waals surface area contributed by atoms with Gasteiger partial charge in [0.25, 0.3) is 0 Å². The Bertz CT molecular complexity index is 322. The number of hydrogen-bond acceptors (Lipinski definition) is 5. The van der Waals surface area contributed by atoms with Crippen LogP contribution < -0.4 is 5.32 Å². The molecule has 0 aromatic rings. The Kier molecular flexibility index (Phi) is 4.57. The van der Waals surface area contributed by atoms with Crippen molar-refractivity contribution in [2.24, 2.45) is 5.92 Å². The highest BCUT2D eigenvalue weighted by Crippen LogP contribution is 2.15. The average molecular weight is 225 g/mol. The molecule has 0 radical (unpaired) electrons. The normalized spacial score (nSPS) is 19.6. The second-order valence-corrected chi connectivity index (χ2v) is 3.54. The number of allylic oxidation sites excluding steroid dienone is 1. The number of ether oxygens (including phenoxy) is 2. The first kappa shape index (κ1) is 12.3. The predicted octanol–water partition coefficient (Wildman–Crippen LogP) is 0.382. The van der Waals surface area contributed by atoms with E-state index in [1.807, 2.05) is 0 Å². The SMILES string of the molecule is C=C1C[C@H](COC(=O)/C=C/C(=O)OC)CN1. The second-order valence-electron chi connectivity index (χ2n) is 3.54. The van der Waals surface area contributed by atoms with Crippen molar-refractivity contribution in [3.8, 4) is 0 Å². The maximum atomic E-state index is 11.1. The Morgan fingerprint density at radius 1 is 1.50 bits per heavy atom. The van der Waals surface area contributed by atoms with Crippen molar-refractivity contribution in [3.05, 3.63) is 24.4 Å². The average Bonchev–Trinajstić information content (AvgIpc) is 2.69. The van der Waals surface area contributed by atoms with E-state index in [4.69, 9.17) is 4.74 Å². The van der Waals surface area contributed by atoms with E-state index in [9.17, 15) is 9.59 Å². The summed E-state index contributed by atoms with van der Waals surface area (Å²) >= 11 is 0. The highest BCUT2D eigenvalue weighted by Gasteiger charge is 2.18. The lowest BCUT2D eigenvalue weighted by Gasteiger charge is -2.06. The molecule has 0 spiro atoms. The largest absolute Gasteiger partial charge is 0.466 e. The van der Waals surface area contributed by atoms with Gasteiger partial charge in [-0.2, -0.15) is 0 Å². The topological polar surface area (TPSA) is 64.6 Å². The van der Waals surface area contributed by atoms with Crippen molar-refractivity contribution >= 4 is 11.9 Å². The van der Waals surface area contributed by atoms with Gasteiger partial charge in [-0.3, -0.25) is 0 Å². The minimum absolute atomic E-state index is 0.267. The molecule has 1 saturated heterocycles. The smallest absolute Gasteiger partial charge is 0.331 e. The zero-order valence-electron chi connectivity index (χ0n) is 9.19. The quantitative estimate of drug-likeness (QED) is 0.553. The highest BCUT2D eigenvalue weighted by atomic mass is 16.5. The zero-order chi connectivity index (χ0) is 12.0. The lowest BCUT2D eigenvalue weighted by Crippen LogP contribution is -2.15.